The summed E-state index contributed by atoms with van der Waals surface area (Å²) in [4.78, 5) is 24.2. The Labute approximate surface area is 163 Å². The number of rotatable bonds is 7. The van der Waals surface area contributed by atoms with Crippen LogP contribution in [0.2, 0.25) is 0 Å². The molecule has 2 aromatic carbocycles. The van der Waals surface area contributed by atoms with Crippen molar-refractivity contribution >= 4 is 11.9 Å². The molecule has 0 aliphatic carbocycles. The zero-order chi connectivity index (χ0) is 21.6. The molecule has 0 aliphatic rings. The van der Waals surface area contributed by atoms with Gasteiger partial charge in [-0.15, -0.1) is 0 Å². The minimum Gasteiger partial charge on any atom is -0.467 e. The molecule has 0 aliphatic heterocycles. The molecule has 1 amide bonds. The fourth-order valence-electron chi connectivity index (χ4n) is 2.61. The third-order valence-corrected chi connectivity index (χ3v) is 4.16. The van der Waals surface area contributed by atoms with E-state index < -0.39 is 36.1 Å². The quantitative estimate of drug-likeness (QED) is 0.531. The molecule has 1 atom stereocenters. The van der Waals surface area contributed by atoms with Crippen molar-refractivity contribution in [2.75, 3.05) is 7.11 Å². The summed E-state index contributed by atoms with van der Waals surface area (Å²) in [6.45, 7) is 0. The maximum absolute atomic E-state index is 12.9. The molecular weight excluding hydrogens is 397 g/mol. The van der Waals surface area contributed by atoms with Crippen LogP contribution in [0.5, 0.6) is 0 Å². The van der Waals surface area contributed by atoms with Gasteiger partial charge in [0.1, 0.15) is 0 Å². The second kappa shape index (κ2) is 9.49. The Morgan fingerprint density at radius 3 is 2.24 bits per heavy atom. The Bertz CT molecular complexity index is 850. The highest BCUT2D eigenvalue weighted by Crippen LogP contribution is 2.31. The van der Waals surface area contributed by atoms with E-state index in [4.69, 9.17) is 0 Å². The van der Waals surface area contributed by atoms with Gasteiger partial charge in [-0.25, -0.2) is 13.6 Å². The molecule has 9 heteroatoms. The van der Waals surface area contributed by atoms with E-state index >= 15 is 0 Å². The number of hydrogen-bond donors (Lipinski definition) is 1. The number of aryl methyl sites for hydroxylation is 1. The lowest BCUT2D eigenvalue weighted by atomic mass is 10.0. The van der Waals surface area contributed by atoms with Crippen molar-refractivity contribution in [1.82, 2.24) is 5.32 Å². The fourth-order valence-corrected chi connectivity index (χ4v) is 2.61. The number of alkyl halides is 5. The molecule has 0 aromatic heterocycles. The maximum atomic E-state index is 12.9. The molecule has 4 nitrogen and oxygen atoms in total. The Kier molecular flexibility index (Phi) is 7.30. The van der Waals surface area contributed by atoms with Crippen molar-refractivity contribution in [3.05, 3.63) is 70.8 Å². The van der Waals surface area contributed by atoms with Crippen LogP contribution < -0.4 is 5.32 Å². The second-order valence-electron chi connectivity index (χ2n) is 6.19. The number of benzene rings is 2. The lowest BCUT2D eigenvalue weighted by Gasteiger charge is -2.18. The first kappa shape index (κ1) is 22.3. The van der Waals surface area contributed by atoms with Gasteiger partial charge < -0.3 is 10.1 Å². The van der Waals surface area contributed by atoms with Crippen LogP contribution >= 0.6 is 0 Å². The van der Waals surface area contributed by atoms with Crippen LogP contribution in [0.1, 0.15) is 41.1 Å². The molecular formula is C20H18F5NO3. The minimum absolute atomic E-state index is 0.0682. The third kappa shape index (κ3) is 6.27. The summed E-state index contributed by atoms with van der Waals surface area (Å²) in [5.41, 5.74) is -0.551. The summed E-state index contributed by atoms with van der Waals surface area (Å²) in [6.07, 6.45) is -7.10. The Morgan fingerprint density at radius 2 is 1.69 bits per heavy atom. The highest BCUT2D eigenvalue weighted by molar-refractivity contribution is 5.85. The van der Waals surface area contributed by atoms with Crippen LogP contribution in [0, 0.1) is 0 Å². The van der Waals surface area contributed by atoms with Crippen molar-refractivity contribution in [3.8, 4) is 0 Å². The van der Waals surface area contributed by atoms with Crippen LogP contribution in [0.15, 0.2) is 48.5 Å². The lowest BCUT2D eigenvalue weighted by Crippen LogP contribution is -2.34. The molecule has 0 saturated heterocycles. The van der Waals surface area contributed by atoms with Crippen molar-refractivity contribution in [2.45, 2.75) is 31.5 Å². The standard InChI is InChI=1S/C20H18F5NO3/c1-29-19(28)17(14-3-2-4-15(11-14)20(23,24)25)26-16(27)10-7-12-5-8-13(9-6-12)18(21)22/h2-6,8-9,11,17-18H,7,10H2,1H3,(H,26,27). The van der Waals surface area contributed by atoms with Crippen LogP contribution in [0.3, 0.4) is 0 Å². The topological polar surface area (TPSA) is 55.4 Å². The molecule has 0 spiro atoms. The number of carbonyl (C=O) groups is 2. The second-order valence-corrected chi connectivity index (χ2v) is 6.19. The number of nitrogens with one attached hydrogen (secondary N) is 1. The number of hydrogen-bond acceptors (Lipinski definition) is 3. The summed E-state index contributed by atoms with van der Waals surface area (Å²) in [5, 5.41) is 2.36. The number of ether oxygens (including phenoxy) is 1. The molecule has 2 aromatic rings. The third-order valence-electron chi connectivity index (χ3n) is 4.16. The average molecular weight is 415 g/mol. The zero-order valence-corrected chi connectivity index (χ0v) is 15.3. The van der Waals surface area contributed by atoms with E-state index in [0.29, 0.717) is 5.56 Å². The van der Waals surface area contributed by atoms with Gasteiger partial charge in [-0.3, -0.25) is 4.79 Å². The van der Waals surface area contributed by atoms with E-state index in [2.05, 4.69) is 10.1 Å². The van der Waals surface area contributed by atoms with E-state index in [1.807, 2.05) is 0 Å². The van der Waals surface area contributed by atoms with E-state index in [0.717, 1.165) is 25.3 Å². The van der Waals surface area contributed by atoms with Gasteiger partial charge in [0.25, 0.3) is 6.43 Å². The van der Waals surface area contributed by atoms with E-state index in [1.165, 1.54) is 30.3 Å². The molecule has 0 saturated carbocycles. The summed E-state index contributed by atoms with van der Waals surface area (Å²) in [5.74, 6) is -1.52. The molecule has 0 radical (unpaired) electrons. The Balaban J connectivity index is 2.08. The predicted molar refractivity (Wildman–Crippen MR) is 94.1 cm³/mol. The molecule has 1 unspecified atom stereocenters. The van der Waals surface area contributed by atoms with Crippen molar-refractivity contribution < 1.29 is 36.3 Å². The molecule has 29 heavy (non-hydrogen) atoms. The number of halogens is 5. The smallest absolute Gasteiger partial charge is 0.416 e. The van der Waals surface area contributed by atoms with Crippen LogP contribution in [0.25, 0.3) is 0 Å². The first-order chi connectivity index (χ1) is 13.6. The van der Waals surface area contributed by atoms with Gasteiger partial charge in [0.15, 0.2) is 6.04 Å². The highest BCUT2D eigenvalue weighted by Gasteiger charge is 2.32. The van der Waals surface area contributed by atoms with Crippen molar-refractivity contribution in [2.24, 2.45) is 0 Å². The summed E-state index contributed by atoms with van der Waals surface area (Å²) >= 11 is 0. The van der Waals surface area contributed by atoms with E-state index in [9.17, 15) is 31.5 Å². The van der Waals surface area contributed by atoms with Crippen LogP contribution in [-0.2, 0) is 26.9 Å². The number of amides is 1. The van der Waals surface area contributed by atoms with Gasteiger partial charge >= 0.3 is 12.1 Å². The minimum atomic E-state index is -4.61. The maximum Gasteiger partial charge on any atom is 0.416 e. The van der Waals surface area contributed by atoms with E-state index in [-0.39, 0.29) is 24.0 Å². The zero-order valence-electron chi connectivity index (χ0n) is 15.3. The predicted octanol–water partition coefficient (Wildman–Crippen LogP) is 4.61. The van der Waals surface area contributed by atoms with Gasteiger partial charge in [-0.2, -0.15) is 13.2 Å². The Hall–Kier alpha value is -2.97. The number of carbonyl (C=O) groups excluding carboxylic acids is 2. The highest BCUT2D eigenvalue weighted by atomic mass is 19.4. The number of methoxy groups -OCH3 is 1. The SMILES string of the molecule is COC(=O)C(NC(=O)CCc1ccc(C(F)F)cc1)c1cccc(C(F)(F)F)c1. The first-order valence-electron chi connectivity index (χ1n) is 8.53. The van der Waals surface area contributed by atoms with Crippen LogP contribution in [-0.4, -0.2) is 19.0 Å². The van der Waals surface area contributed by atoms with Gasteiger partial charge in [0, 0.05) is 12.0 Å². The van der Waals surface area contributed by atoms with Gasteiger partial charge in [-0.05, 0) is 29.7 Å². The average Bonchev–Trinajstić information content (AvgIpc) is 2.69. The van der Waals surface area contributed by atoms with Crippen molar-refractivity contribution in [1.29, 1.82) is 0 Å². The molecule has 2 rings (SSSR count). The summed E-state index contributed by atoms with van der Waals surface area (Å²) < 4.78 is 68.4. The molecule has 1 N–H and O–H groups in total. The number of esters is 1. The van der Waals surface area contributed by atoms with Gasteiger partial charge in [-0.1, -0.05) is 36.4 Å². The largest absolute Gasteiger partial charge is 0.467 e. The van der Waals surface area contributed by atoms with E-state index in [1.54, 1.807) is 0 Å². The normalized spacial score (nSPS) is 12.5. The molecule has 0 fully saturated rings. The fraction of sp³-hybridized carbons (Fsp3) is 0.300. The molecule has 156 valence electrons. The Morgan fingerprint density at radius 1 is 1.03 bits per heavy atom. The summed E-state index contributed by atoms with van der Waals surface area (Å²) in [7, 11) is 1.06. The van der Waals surface area contributed by atoms with Crippen molar-refractivity contribution in [3.63, 3.8) is 0 Å². The molecule has 0 heterocycles. The lowest BCUT2D eigenvalue weighted by molar-refractivity contribution is -0.145. The molecule has 0 bridgehead atoms. The summed E-state index contributed by atoms with van der Waals surface area (Å²) in [6, 6.07) is 8.03. The monoisotopic (exact) mass is 415 g/mol. The van der Waals surface area contributed by atoms with Gasteiger partial charge in [0.05, 0.1) is 12.7 Å². The first-order valence-corrected chi connectivity index (χ1v) is 8.53. The van der Waals surface area contributed by atoms with Crippen LogP contribution in [0.4, 0.5) is 22.0 Å². The van der Waals surface area contributed by atoms with Gasteiger partial charge in [0.2, 0.25) is 5.91 Å².